The van der Waals surface area contributed by atoms with Gasteiger partial charge in [-0.3, -0.25) is 0 Å². The first-order chi connectivity index (χ1) is 13.6. The summed E-state index contributed by atoms with van der Waals surface area (Å²) in [6.07, 6.45) is 0. The van der Waals surface area contributed by atoms with Gasteiger partial charge in [-0.05, 0) is 31.5 Å². The van der Waals surface area contributed by atoms with Gasteiger partial charge in [-0.1, -0.05) is 63.6 Å². The molecule has 4 rings (SSSR count). The summed E-state index contributed by atoms with van der Waals surface area (Å²) >= 11 is 3.44. The number of carbonyl (C=O) groups excluding carboxylic acids is 1. The number of nitrogens with zero attached hydrogens (tertiary/aromatic N) is 2. The van der Waals surface area contributed by atoms with Crippen LogP contribution in [0, 0.1) is 6.92 Å². The number of benzene rings is 2. The molecule has 0 spiro atoms. The summed E-state index contributed by atoms with van der Waals surface area (Å²) in [6, 6.07) is 17.3. The minimum atomic E-state index is -0.422. The number of carbonyl (C=O) groups is 1. The van der Waals surface area contributed by atoms with Gasteiger partial charge in [-0.2, -0.15) is 0 Å². The second-order valence-corrected chi connectivity index (χ2v) is 7.17. The van der Waals surface area contributed by atoms with E-state index in [9.17, 15) is 4.79 Å². The number of pyridine rings is 1. The Bertz CT molecular complexity index is 1150. The van der Waals surface area contributed by atoms with Crippen molar-refractivity contribution in [2.24, 2.45) is 0 Å². The number of ether oxygens (including phenoxy) is 1. The number of hydrogen-bond donors (Lipinski definition) is 0. The predicted molar refractivity (Wildman–Crippen MR) is 111 cm³/mol. The molecule has 6 heteroatoms. The predicted octanol–water partition coefficient (Wildman–Crippen LogP) is 5.80. The highest BCUT2D eigenvalue weighted by Gasteiger charge is 2.27. The van der Waals surface area contributed by atoms with Gasteiger partial charge in [-0.15, -0.1) is 0 Å². The molecular weight excluding hydrogens is 420 g/mol. The summed E-state index contributed by atoms with van der Waals surface area (Å²) in [6.45, 7) is 3.90. The van der Waals surface area contributed by atoms with Crippen LogP contribution in [0.3, 0.4) is 0 Å². The van der Waals surface area contributed by atoms with E-state index in [1.807, 2.05) is 61.5 Å². The summed E-state index contributed by atoms with van der Waals surface area (Å²) in [5.41, 5.74) is 4.38. The summed E-state index contributed by atoms with van der Waals surface area (Å²) in [5.74, 6) is -0.422. The summed E-state index contributed by atoms with van der Waals surface area (Å²) in [4.78, 5) is 17.7. The molecule has 28 heavy (non-hydrogen) atoms. The third-order valence-corrected chi connectivity index (χ3v) is 4.98. The zero-order chi connectivity index (χ0) is 19.7. The third kappa shape index (κ3) is 3.20. The van der Waals surface area contributed by atoms with E-state index in [-0.39, 0.29) is 6.61 Å². The molecule has 0 N–H and O–H groups in total. The molecule has 0 radical (unpaired) electrons. The number of aromatic nitrogens is 2. The number of aryl methyl sites for hydroxylation is 1. The Morgan fingerprint density at radius 2 is 1.79 bits per heavy atom. The van der Waals surface area contributed by atoms with Gasteiger partial charge in [0.15, 0.2) is 0 Å². The summed E-state index contributed by atoms with van der Waals surface area (Å²) < 4.78 is 11.8. The molecule has 0 unspecified atom stereocenters. The lowest BCUT2D eigenvalue weighted by Crippen LogP contribution is -2.10. The third-order valence-electron chi connectivity index (χ3n) is 4.45. The molecule has 0 aliphatic rings. The van der Waals surface area contributed by atoms with Crippen LogP contribution in [0.2, 0.25) is 0 Å². The van der Waals surface area contributed by atoms with Crippen LogP contribution >= 0.6 is 15.9 Å². The van der Waals surface area contributed by atoms with Crippen LogP contribution in [0.4, 0.5) is 0 Å². The Morgan fingerprint density at radius 1 is 1.07 bits per heavy atom. The fourth-order valence-electron chi connectivity index (χ4n) is 3.23. The molecule has 0 bridgehead atoms. The lowest BCUT2D eigenvalue weighted by atomic mass is 9.93. The van der Waals surface area contributed by atoms with Gasteiger partial charge < -0.3 is 9.26 Å². The van der Waals surface area contributed by atoms with Crippen molar-refractivity contribution in [3.8, 4) is 22.4 Å². The Kier molecular flexibility index (Phi) is 4.96. The molecular formula is C22H17BrN2O3. The van der Waals surface area contributed by atoms with Crippen LogP contribution in [-0.4, -0.2) is 22.7 Å². The standard InChI is InChI=1S/C22H17BrN2O3/c1-3-27-22(26)19-18(14-7-5-4-6-8-14)17-13(2)25-28-21(17)24-20(19)15-9-11-16(23)12-10-15/h4-12H,3H2,1-2H3. The Labute approximate surface area is 170 Å². The molecule has 0 amide bonds. The van der Waals surface area contributed by atoms with Crippen LogP contribution in [0.15, 0.2) is 63.6 Å². The lowest BCUT2D eigenvalue weighted by Gasteiger charge is -2.15. The molecule has 2 aromatic carbocycles. The molecule has 0 saturated heterocycles. The van der Waals surface area contributed by atoms with E-state index in [4.69, 9.17) is 9.26 Å². The minimum absolute atomic E-state index is 0.271. The highest BCUT2D eigenvalue weighted by molar-refractivity contribution is 9.10. The van der Waals surface area contributed by atoms with E-state index < -0.39 is 5.97 Å². The Hall–Kier alpha value is -2.99. The SMILES string of the molecule is CCOC(=O)c1c(-c2ccc(Br)cc2)nc2onc(C)c2c1-c1ccccc1. The highest BCUT2D eigenvalue weighted by Crippen LogP contribution is 2.39. The molecule has 5 nitrogen and oxygen atoms in total. The van der Waals surface area contributed by atoms with Crippen LogP contribution in [0.1, 0.15) is 23.0 Å². The van der Waals surface area contributed by atoms with Gasteiger partial charge in [0.2, 0.25) is 0 Å². The number of hydrogen-bond acceptors (Lipinski definition) is 5. The van der Waals surface area contributed by atoms with E-state index in [0.717, 1.165) is 26.5 Å². The van der Waals surface area contributed by atoms with E-state index in [1.165, 1.54) is 0 Å². The van der Waals surface area contributed by atoms with E-state index >= 15 is 0 Å². The van der Waals surface area contributed by atoms with E-state index in [1.54, 1.807) is 6.92 Å². The van der Waals surface area contributed by atoms with Crippen LogP contribution in [0.5, 0.6) is 0 Å². The largest absolute Gasteiger partial charge is 0.462 e. The second kappa shape index (κ2) is 7.56. The first kappa shape index (κ1) is 18.4. The average molecular weight is 437 g/mol. The van der Waals surface area contributed by atoms with E-state index in [2.05, 4.69) is 26.1 Å². The number of fused-ring (bicyclic) bond motifs is 1. The number of rotatable bonds is 4. The second-order valence-electron chi connectivity index (χ2n) is 6.25. The molecule has 2 aromatic heterocycles. The molecule has 2 heterocycles. The van der Waals surface area contributed by atoms with Crippen LogP contribution in [-0.2, 0) is 4.74 Å². The zero-order valence-electron chi connectivity index (χ0n) is 15.4. The highest BCUT2D eigenvalue weighted by atomic mass is 79.9. The Balaban J connectivity index is 2.13. The van der Waals surface area contributed by atoms with Crippen molar-refractivity contribution in [1.29, 1.82) is 0 Å². The fourth-order valence-corrected chi connectivity index (χ4v) is 3.50. The maximum absolute atomic E-state index is 13.1. The number of esters is 1. The number of halogens is 1. The minimum Gasteiger partial charge on any atom is -0.462 e. The maximum atomic E-state index is 13.1. The molecule has 0 atom stereocenters. The quantitative estimate of drug-likeness (QED) is 0.378. The van der Waals surface area contributed by atoms with Crippen molar-refractivity contribution in [3.05, 3.63) is 70.3 Å². The van der Waals surface area contributed by atoms with Gasteiger partial charge >= 0.3 is 5.97 Å². The van der Waals surface area contributed by atoms with E-state index in [0.29, 0.717) is 22.7 Å². The fraction of sp³-hybridized carbons (Fsp3) is 0.136. The van der Waals surface area contributed by atoms with Crippen molar-refractivity contribution in [2.45, 2.75) is 13.8 Å². The normalized spacial score (nSPS) is 11.0. The molecule has 0 saturated carbocycles. The maximum Gasteiger partial charge on any atom is 0.341 e. The smallest absolute Gasteiger partial charge is 0.341 e. The average Bonchev–Trinajstić information content (AvgIpc) is 3.08. The van der Waals surface area contributed by atoms with Gasteiger partial charge in [0.05, 0.1) is 28.9 Å². The van der Waals surface area contributed by atoms with Crippen molar-refractivity contribution < 1.29 is 14.1 Å². The zero-order valence-corrected chi connectivity index (χ0v) is 17.0. The van der Waals surface area contributed by atoms with Gasteiger partial charge in [0, 0.05) is 15.6 Å². The summed E-state index contributed by atoms with van der Waals surface area (Å²) in [5, 5.41) is 4.80. The molecule has 4 aromatic rings. The molecule has 0 aliphatic heterocycles. The van der Waals surface area contributed by atoms with Crippen LogP contribution in [0.25, 0.3) is 33.5 Å². The van der Waals surface area contributed by atoms with Crippen molar-refractivity contribution in [2.75, 3.05) is 6.61 Å². The molecule has 0 fully saturated rings. The molecule has 0 aliphatic carbocycles. The van der Waals surface area contributed by atoms with Crippen molar-refractivity contribution >= 4 is 33.0 Å². The monoisotopic (exact) mass is 436 g/mol. The van der Waals surface area contributed by atoms with Crippen molar-refractivity contribution in [3.63, 3.8) is 0 Å². The van der Waals surface area contributed by atoms with Gasteiger partial charge in [0.25, 0.3) is 5.71 Å². The van der Waals surface area contributed by atoms with Gasteiger partial charge in [-0.25, -0.2) is 9.78 Å². The first-order valence-corrected chi connectivity index (χ1v) is 9.68. The topological polar surface area (TPSA) is 65.2 Å². The van der Waals surface area contributed by atoms with Crippen LogP contribution < -0.4 is 0 Å². The van der Waals surface area contributed by atoms with Crippen molar-refractivity contribution in [1.82, 2.24) is 10.1 Å². The van der Waals surface area contributed by atoms with Gasteiger partial charge in [0.1, 0.15) is 0 Å². The first-order valence-electron chi connectivity index (χ1n) is 8.88. The Morgan fingerprint density at radius 3 is 2.46 bits per heavy atom. The summed E-state index contributed by atoms with van der Waals surface area (Å²) in [7, 11) is 0. The lowest BCUT2D eigenvalue weighted by molar-refractivity contribution is 0.0528. The molecule has 140 valence electrons.